The minimum atomic E-state index is -1.04. The fourth-order valence-corrected chi connectivity index (χ4v) is 2.58. The van der Waals surface area contributed by atoms with E-state index in [-0.39, 0.29) is 17.0 Å². The van der Waals surface area contributed by atoms with E-state index in [0.29, 0.717) is 6.61 Å². The molecule has 0 aromatic heterocycles. The number of ether oxygens (including phenoxy) is 5. The third-order valence-electron chi connectivity index (χ3n) is 3.56. The van der Waals surface area contributed by atoms with Crippen LogP contribution in [0.5, 0.6) is 0 Å². The standard InChI is InChI=1S/C16H27NO8.BrH/c1-9-13(23-10(2)18)14(24-11(3)19)15(25-12(4)20)16(22-9)21-8-6-5-7-17;/h9,13-16H,5-8,17H2,1-4H3;1H/t9-,13-,14+,15+,16?;/m0./s1. The molecule has 0 amide bonds. The highest BCUT2D eigenvalue weighted by Gasteiger charge is 2.50. The third-order valence-corrected chi connectivity index (χ3v) is 3.56. The summed E-state index contributed by atoms with van der Waals surface area (Å²) in [5.74, 6) is -1.74. The smallest absolute Gasteiger partial charge is 0.303 e. The Bertz CT molecular complexity index is 475. The van der Waals surface area contributed by atoms with E-state index in [0.717, 1.165) is 19.4 Å². The summed E-state index contributed by atoms with van der Waals surface area (Å²) >= 11 is 0. The van der Waals surface area contributed by atoms with E-state index >= 15 is 0 Å². The fraction of sp³-hybridized carbons (Fsp3) is 0.812. The lowest BCUT2D eigenvalue weighted by atomic mass is 9.99. The van der Waals surface area contributed by atoms with E-state index in [2.05, 4.69) is 5.73 Å². The Morgan fingerprint density at radius 3 is 1.88 bits per heavy atom. The lowest BCUT2D eigenvalue weighted by molar-refractivity contribution is -0.369. The molecule has 1 fully saturated rings. The zero-order valence-electron chi connectivity index (χ0n) is 15.6. The molecule has 5 atom stereocenters. The normalized spacial score (nSPS) is 27.8. The number of carbonyl (C=O) groups is 3. The van der Waals surface area contributed by atoms with Crippen molar-refractivity contribution in [3.05, 3.63) is 0 Å². The van der Waals surface area contributed by atoms with Gasteiger partial charge in [0.25, 0.3) is 0 Å². The molecule has 1 rings (SSSR count). The first-order chi connectivity index (χ1) is 11.8. The second-order valence-corrected chi connectivity index (χ2v) is 5.86. The first-order valence-corrected chi connectivity index (χ1v) is 8.34. The molecule has 0 aromatic carbocycles. The van der Waals surface area contributed by atoms with Crippen LogP contribution in [0.15, 0.2) is 0 Å². The van der Waals surface area contributed by atoms with Crippen LogP contribution in [0.4, 0.5) is 0 Å². The largest absolute Gasteiger partial charge is 1.00 e. The van der Waals surface area contributed by atoms with Crippen molar-refractivity contribution in [2.75, 3.05) is 13.2 Å². The number of halogens is 1. The molecular weight excluding hydrogens is 414 g/mol. The zero-order valence-corrected chi connectivity index (χ0v) is 17.2. The number of hydrogen-bond donors (Lipinski definition) is 1. The van der Waals surface area contributed by atoms with Gasteiger partial charge in [0.05, 0.1) is 19.3 Å². The van der Waals surface area contributed by atoms with Gasteiger partial charge in [-0.2, -0.15) is 0 Å². The average molecular weight is 442 g/mol. The second-order valence-electron chi connectivity index (χ2n) is 5.86. The van der Waals surface area contributed by atoms with Gasteiger partial charge < -0.3 is 46.4 Å². The summed E-state index contributed by atoms with van der Waals surface area (Å²) in [4.78, 5) is 34.4. The van der Waals surface area contributed by atoms with E-state index < -0.39 is 48.6 Å². The van der Waals surface area contributed by atoms with Crippen LogP contribution in [0.3, 0.4) is 0 Å². The van der Waals surface area contributed by atoms with Crippen LogP contribution in [0.25, 0.3) is 0 Å². The molecule has 9 nitrogen and oxygen atoms in total. The van der Waals surface area contributed by atoms with Crippen LogP contribution in [-0.4, -0.2) is 61.8 Å². The van der Waals surface area contributed by atoms with E-state index in [1.54, 1.807) is 6.92 Å². The SMILES string of the molecule is CC(=O)O[C@@H]1[C@@H](OC(C)=O)[C@@H](OC(C)=O)C(OCCCC[NH3+])O[C@H]1C.[Br-]. The molecular formula is C16H28BrNO8. The molecule has 152 valence electrons. The van der Waals surface area contributed by atoms with Crippen molar-refractivity contribution in [3.8, 4) is 0 Å². The van der Waals surface area contributed by atoms with Gasteiger partial charge in [0.2, 0.25) is 0 Å². The quantitative estimate of drug-likeness (QED) is 0.234. The molecule has 0 spiro atoms. The Morgan fingerprint density at radius 1 is 0.885 bits per heavy atom. The average Bonchev–Trinajstić information content (AvgIpc) is 2.49. The van der Waals surface area contributed by atoms with Gasteiger partial charge in [-0.25, -0.2) is 0 Å². The summed E-state index contributed by atoms with van der Waals surface area (Å²) in [5.41, 5.74) is 3.76. The Hall–Kier alpha value is -1.23. The second kappa shape index (κ2) is 12.2. The highest BCUT2D eigenvalue weighted by Crippen LogP contribution is 2.29. The monoisotopic (exact) mass is 441 g/mol. The summed E-state index contributed by atoms with van der Waals surface area (Å²) in [6, 6.07) is 0. The van der Waals surface area contributed by atoms with Gasteiger partial charge in [-0.1, -0.05) is 0 Å². The first kappa shape index (κ1) is 24.8. The van der Waals surface area contributed by atoms with Crippen LogP contribution in [0.2, 0.25) is 0 Å². The van der Waals surface area contributed by atoms with Crippen LogP contribution in [0, 0.1) is 0 Å². The summed E-state index contributed by atoms with van der Waals surface area (Å²) < 4.78 is 27.2. The zero-order chi connectivity index (χ0) is 19.0. The Labute approximate surface area is 163 Å². The van der Waals surface area contributed by atoms with Crippen molar-refractivity contribution in [3.63, 3.8) is 0 Å². The predicted octanol–water partition coefficient (Wildman–Crippen LogP) is -3.43. The van der Waals surface area contributed by atoms with Gasteiger partial charge in [0, 0.05) is 20.8 Å². The Kier molecular flexibility index (Phi) is 11.6. The van der Waals surface area contributed by atoms with E-state index in [1.807, 2.05) is 0 Å². The van der Waals surface area contributed by atoms with Crippen molar-refractivity contribution in [2.45, 2.75) is 71.2 Å². The van der Waals surface area contributed by atoms with Crippen LogP contribution < -0.4 is 22.7 Å². The number of esters is 3. The molecule has 0 bridgehead atoms. The van der Waals surface area contributed by atoms with Crippen LogP contribution in [-0.2, 0) is 38.1 Å². The van der Waals surface area contributed by atoms with Crippen molar-refractivity contribution in [1.82, 2.24) is 0 Å². The van der Waals surface area contributed by atoms with Gasteiger partial charge in [0.1, 0.15) is 0 Å². The number of hydrogen-bond acceptors (Lipinski definition) is 8. The molecule has 26 heavy (non-hydrogen) atoms. The van der Waals surface area contributed by atoms with Gasteiger partial charge in [0.15, 0.2) is 24.6 Å². The molecule has 10 heteroatoms. The van der Waals surface area contributed by atoms with Gasteiger partial charge >= 0.3 is 17.9 Å². The molecule has 0 saturated carbocycles. The number of rotatable bonds is 8. The summed E-state index contributed by atoms with van der Waals surface area (Å²) in [6.07, 6.45) is -2.88. The van der Waals surface area contributed by atoms with Crippen molar-refractivity contribution < 1.29 is 60.8 Å². The third kappa shape index (κ3) is 7.98. The summed E-state index contributed by atoms with van der Waals surface area (Å²) in [6.45, 7) is 6.50. The maximum absolute atomic E-state index is 11.5. The highest BCUT2D eigenvalue weighted by molar-refractivity contribution is 5.68. The number of carbonyl (C=O) groups excluding carboxylic acids is 3. The molecule has 0 radical (unpaired) electrons. The molecule has 1 aliphatic heterocycles. The summed E-state index contributed by atoms with van der Waals surface area (Å²) in [5, 5.41) is 0. The fourth-order valence-electron chi connectivity index (χ4n) is 2.58. The van der Waals surface area contributed by atoms with Crippen molar-refractivity contribution >= 4 is 17.9 Å². The van der Waals surface area contributed by atoms with Gasteiger partial charge in [-0.05, 0) is 19.8 Å². The van der Waals surface area contributed by atoms with Gasteiger partial charge in [-0.3, -0.25) is 14.4 Å². The molecule has 1 heterocycles. The van der Waals surface area contributed by atoms with Crippen LogP contribution >= 0.6 is 0 Å². The minimum Gasteiger partial charge on any atom is -1.00 e. The lowest BCUT2D eigenvalue weighted by Gasteiger charge is -2.43. The molecule has 0 aliphatic carbocycles. The Balaban J connectivity index is 0.00000625. The van der Waals surface area contributed by atoms with E-state index in [9.17, 15) is 14.4 Å². The number of unbranched alkanes of at least 4 members (excludes halogenated alkanes) is 1. The van der Waals surface area contributed by atoms with Gasteiger partial charge in [-0.15, -0.1) is 0 Å². The minimum absolute atomic E-state index is 0. The molecule has 1 unspecified atom stereocenters. The maximum Gasteiger partial charge on any atom is 0.303 e. The molecule has 3 N–H and O–H groups in total. The molecule has 1 saturated heterocycles. The van der Waals surface area contributed by atoms with E-state index in [4.69, 9.17) is 23.7 Å². The molecule has 1 aliphatic rings. The van der Waals surface area contributed by atoms with E-state index in [1.165, 1.54) is 20.8 Å². The lowest BCUT2D eigenvalue weighted by Crippen LogP contribution is -3.00. The summed E-state index contributed by atoms with van der Waals surface area (Å²) in [7, 11) is 0. The van der Waals surface area contributed by atoms with Crippen LogP contribution in [0.1, 0.15) is 40.5 Å². The maximum atomic E-state index is 11.5. The first-order valence-electron chi connectivity index (χ1n) is 8.34. The predicted molar refractivity (Wildman–Crippen MR) is 83.9 cm³/mol. The van der Waals surface area contributed by atoms with Crippen molar-refractivity contribution in [2.24, 2.45) is 0 Å². The molecule has 0 aromatic rings. The highest BCUT2D eigenvalue weighted by atomic mass is 79.9. The van der Waals surface area contributed by atoms with Crippen molar-refractivity contribution in [1.29, 1.82) is 0 Å². The number of quaternary nitrogens is 1. The Morgan fingerprint density at radius 2 is 1.38 bits per heavy atom. The topological polar surface area (TPSA) is 125 Å².